The second-order valence-electron chi connectivity index (χ2n) is 21.3. The summed E-state index contributed by atoms with van der Waals surface area (Å²) in [5.41, 5.74) is 25.1. The summed E-state index contributed by atoms with van der Waals surface area (Å²) >= 11 is 0. The van der Waals surface area contributed by atoms with Gasteiger partial charge in [-0.05, 0) is 169 Å². The van der Waals surface area contributed by atoms with E-state index < -0.39 is 5.41 Å². The van der Waals surface area contributed by atoms with Crippen molar-refractivity contribution in [2.24, 2.45) is 0 Å². The van der Waals surface area contributed by atoms with Gasteiger partial charge in [-0.1, -0.05) is 181 Å². The number of aryl methyl sites for hydroxylation is 1. The Kier molecular flexibility index (Phi) is 8.97. The maximum Gasteiger partial charge on any atom is 0.0714 e. The fraction of sp³-hybridized carbons (Fsp3) is 0.250. The lowest BCUT2D eigenvalue weighted by molar-refractivity contribution is 0.332. The summed E-state index contributed by atoms with van der Waals surface area (Å²) in [5, 5.41) is 0. The van der Waals surface area contributed by atoms with Crippen LogP contribution in [0.1, 0.15) is 123 Å². The predicted octanol–water partition coefficient (Wildman–Crippen LogP) is 16.7. The van der Waals surface area contributed by atoms with Gasteiger partial charge in [-0.2, -0.15) is 0 Å². The molecule has 1 heteroatoms. The maximum absolute atomic E-state index is 2.67. The summed E-state index contributed by atoms with van der Waals surface area (Å²) in [6, 6.07) is 68.2. The van der Waals surface area contributed by atoms with Crippen LogP contribution in [-0.2, 0) is 34.5 Å². The maximum atomic E-state index is 2.67. The molecule has 0 spiro atoms. The highest BCUT2D eigenvalue weighted by atomic mass is 15.1. The van der Waals surface area contributed by atoms with E-state index in [0.717, 1.165) is 19.3 Å². The van der Waals surface area contributed by atoms with E-state index in [0.29, 0.717) is 0 Å². The first-order valence-corrected chi connectivity index (χ1v) is 24.2. The minimum atomic E-state index is -0.535. The number of hydrogen-bond acceptors (Lipinski definition) is 1. The van der Waals surface area contributed by atoms with E-state index in [-0.39, 0.29) is 16.2 Å². The quantitative estimate of drug-likeness (QED) is 0.161. The normalized spacial score (nSPS) is 17.5. The van der Waals surface area contributed by atoms with E-state index in [1.54, 1.807) is 0 Å². The molecule has 0 amide bonds. The van der Waals surface area contributed by atoms with Crippen LogP contribution < -0.4 is 4.90 Å². The fourth-order valence-electron chi connectivity index (χ4n) is 12.9. The van der Waals surface area contributed by atoms with Crippen molar-refractivity contribution < 1.29 is 0 Å². The SMILES string of the molecule is CC1(C)CCC(C)(C)c2cc(N(c3ccc4c(c3)C(C)(C)c3ccccc3-4)c3cc4c(cc3-c3cccc5c3CCCC5)-c3ccccc3C4(c3ccccc3)c3ccccc3)ccc21. The van der Waals surface area contributed by atoms with Crippen LogP contribution in [0, 0.1) is 0 Å². The van der Waals surface area contributed by atoms with Gasteiger partial charge in [0, 0.05) is 22.4 Å². The van der Waals surface area contributed by atoms with Gasteiger partial charge in [0.05, 0.1) is 11.1 Å². The molecule has 0 N–H and O–H groups in total. The molecule has 0 saturated heterocycles. The Hall–Kier alpha value is -6.44. The molecule has 0 aliphatic heterocycles. The third-order valence-corrected chi connectivity index (χ3v) is 16.4. The summed E-state index contributed by atoms with van der Waals surface area (Å²) in [7, 11) is 0. The van der Waals surface area contributed by atoms with Crippen molar-refractivity contribution in [1.29, 1.82) is 0 Å². The van der Waals surface area contributed by atoms with Crippen LogP contribution in [-0.4, -0.2) is 0 Å². The second-order valence-corrected chi connectivity index (χ2v) is 21.3. The molecule has 0 aromatic heterocycles. The van der Waals surface area contributed by atoms with Crippen molar-refractivity contribution in [1.82, 2.24) is 0 Å². The standard InChI is InChI=1S/C64H59N/c1-61(2)36-37-62(3,4)59-39-46(33-35-56(59)61)65(45-32-34-51-49-27-15-17-30-54(49)63(5,6)57(51)38-45)60-41-58-52(40-53(60)48-29-19-21-42-20-13-14-26-47(42)48)50-28-16-18-31-55(50)64(58,43-22-9-7-10-23-43)44-24-11-8-12-25-44/h7-12,15-19,21-25,27-35,38-41H,13-14,20,26,36-37H2,1-6H3. The van der Waals surface area contributed by atoms with Crippen molar-refractivity contribution in [2.45, 2.75) is 102 Å². The fourth-order valence-corrected chi connectivity index (χ4v) is 12.9. The van der Waals surface area contributed by atoms with Crippen molar-refractivity contribution >= 4 is 17.1 Å². The summed E-state index contributed by atoms with van der Waals surface area (Å²) in [4.78, 5) is 2.67. The van der Waals surface area contributed by atoms with Gasteiger partial charge in [-0.3, -0.25) is 0 Å². The lowest BCUT2D eigenvalue weighted by atomic mass is 9.63. The zero-order chi connectivity index (χ0) is 44.3. The molecule has 8 aromatic carbocycles. The molecule has 0 saturated carbocycles. The number of hydrogen-bond donors (Lipinski definition) is 0. The Bertz CT molecular complexity index is 3140. The van der Waals surface area contributed by atoms with Crippen molar-refractivity contribution in [3.63, 3.8) is 0 Å². The molecule has 0 bridgehead atoms. The number of rotatable bonds is 6. The molecule has 4 aliphatic carbocycles. The zero-order valence-corrected chi connectivity index (χ0v) is 38.9. The van der Waals surface area contributed by atoms with Gasteiger partial charge in [-0.25, -0.2) is 0 Å². The van der Waals surface area contributed by atoms with E-state index >= 15 is 0 Å². The van der Waals surface area contributed by atoms with Crippen LogP contribution in [0.3, 0.4) is 0 Å². The minimum Gasteiger partial charge on any atom is -0.310 e. The van der Waals surface area contributed by atoms with Crippen LogP contribution in [0.4, 0.5) is 17.1 Å². The molecule has 8 aromatic rings. The van der Waals surface area contributed by atoms with Crippen LogP contribution in [0.25, 0.3) is 33.4 Å². The average molecular weight is 842 g/mol. The smallest absolute Gasteiger partial charge is 0.0714 e. The first-order chi connectivity index (χ1) is 31.5. The predicted molar refractivity (Wildman–Crippen MR) is 273 cm³/mol. The molecule has 65 heavy (non-hydrogen) atoms. The number of fused-ring (bicyclic) bond motifs is 8. The Morgan fingerprint density at radius 1 is 0.369 bits per heavy atom. The van der Waals surface area contributed by atoms with E-state index in [9.17, 15) is 0 Å². The second kappa shape index (κ2) is 14.5. The van der Waals surface area contributed by atoms with Gasteiger partial charge in [0.1, 0.15) is 0 Å². The van der Waals surface area contributed by atoms with Crippen molar-refractivity contribution in [3.05, 3.63) is 232 Å². The largest absolute Gasteiger partial charge is 0.310 e. The van der Waals surface area contributed by atoms with Crippen LogP contribution >= 0.6 is 0 Å². The molecule has 0 unspecified atom stereocenters. The Morgan fingerprint density at radius 2 is 0.923 bits per heavy atom. The molecule has 0 atom stereocenters. The van der Waals surface area contributed by atoms with E-state index in [4.69, 9.17) is 0 Å². The van der Waals surface area contributed by atoms with Gasteiger partial charge in [0.15, 0.2) is 0 Å². The summed E-state index contributed by atoms with van der Waals surface area (Å²) in [6.45, 7) is 14.6. The lowest BCUT2D eigenvalue weighted by Crippen LogP contribution is -2.34. The highest BCUT2D eigenvalue weighted by Crippen LogP contribution is 2.60. The Labute approximate surface area is 386 Å². The van der Waals surface area contributed by atoms with Crippen molar-refractivity contribution in [3.8, 4) is 33.4 Å². The van der Waals surface area contributed by atoms with E-state index in [1.165, 1.54) is 125 Å². The summed E-state index contributed by atoms with van der Waals surface area (Å²) in [5.74, 6) is 0. The molecule has 1 nitrogen and oxygen atoms in total. The third-order valence-electron chi connectivity index (χ3n) is 16.4. The molecule has 0 radical (unpaired) electrons. The highest BCUT2D eigenvalue weighted by molar-refractivity contribution is 5.98. The number of nitrogens with zero attached hydrogens (tertiary/aromatic N) is 1. The number of anilines is 3. The summed E-state index contributed by atoms with van der Waals surface area (Å²) < 4.78 is 0. The lowest BCUT2D eigenvalue weighted by Gasteiger charge is -2.42. The molecule has 12 rings (SSSR count). The first kappa shape index (κ1) is 40.1. The van der Waals surface area contributed by atoms with Gasteiger partial charge < -0.3 is 4.90 Å². The Balaban J connectivity index is 1.22. The van der Waals surface area contributed by atoms with Gasteiger partial charge in [0.2, 0.25) is 0 Å². The molecule has 0 fully saturated rings. The Morgan fingerprint density at radius 3 is 1.63 bits per heavy atom. The van der Waals surface area contributed by atoms with Crippen LogP contribution in [0.15, 0.2) is 176 Å². The molecular weight excluding hydrogens is 783 g/mol. The number of benzene rings is 8. The van der Waals surface area contributed by atoms with Crippen LogP contribution in [0.5, 0.6) is 0 Å². The van der Waals surface area contributed by atoms with E-state index in [2.05, 4.69) is 222 Å². The van der Waals surface area contributed by atoms with Gasteiger partial charge in [-0.15, -0.1) is 0 Å². The summed E-state index contributed by atoms with van der Waals surface area (Å²) in [6.07, 6.45) is 7.06. The molecule has 0 heterocycles. The third kappa shape index (κ3) is 5.90. The van der Waals surface area contributed by atoms with Gasteiger partial charge >= 0.3 is 0 Å². The monoisotopic (exact) mass is 841 g/mol. The zero-order valence-electron chi connectivity index (χ0n) is 38.9. The molecule has 4 aliphatic rings. The average Bonchev–Trinajstić information content (AvgIpc) is 3.75. The highest BCUT2D eigenvalue weighted by Gasteiger charge is 2.47. The topological polar surface area (TPSA) is 3.24 Å². The minimum absolute atomic E-state index is 0.0464. The molecule has 320 valence electrons. The van der Waals surface area contributed by atoms with Gasteiger partial charge in [0.25, 0.3) is 0 Å². The first-order valence-electron chi connectivity index (χ1n) is 24.2. The van der Waals surface area contributed by atoms with Crippen LogP contribution in [0.2, 0.25) is 0 Å². The van der Waals surface area contributed by atoms with E-state index in [1.807, 2.05) is 0 Å². The van der Waals surface area contributed by atoms with Crippen molar-refractivity contribution in [2.75, 3.05) is 4.90 Å². The molecular formula is C64H59N.